The van der Waals surface area contributed by atoms with Gasteiger partial charge in [0.2, 0.25) is 0 Å². The Morgan fingerprint density at radius 1 is 1.03 bits per heavy atom. The van der Waals surface area contributed by atoms with E-state index in [0.29, 0.717) is 11.5 Å². The molecule has 2 N–H and O–H groups in total. The van der Waals surface area contributed by atoms with Crippen LogP contribution in [0.15, 0.2) is 73.6 Å². The summed E-state index contributed by atoms with van der Waals surface area (Å²) in [4.78, 5) is 27.1. The third-order valence-corrected chi connectivity index (χ3v) is 6.81. The van der Waals surface area contributed by atoms with E-state index in [1.54, 1.807) is 11.9 Å². The number of carbonyl (C=O) groups excluding carboxylic acids is 1. The van der Waals surface area contributed by atoms with E-state index in [2.05, 4.69) is 20.1 Å². The second kappa shape index (κ2) is 9.34. The molecule has 1 amide bonds. The second-order valence-electron chi connectivity index (χ2n) is 9.04. The molecule has 6 rings (SSSR count). The van der Waals surface area contributed by atoms with Gasteiger partial charge in [-0.15, -0.1) is 0 Å². The number of amides is 1. The van der Waals surface area contributed by atoms with Crippen molar-refractivity contribution in [3.63, 3.8) is 0 Å². The molecule has 0 saturated heterocycles. The third-order valence-electron chi connectivity index (χ3n) is 6.81. The summed E-state index contributed by atoms with van der Waals surface area (Å²) in [7, 11) is 1.79. The number of nitrogens with zero attached hydrogens (tertiary/aromatic N) is 8. The lowest BCUT2D eigenvalue weighted by atomic mass is 10.1. The van der Waals surface area contributed by atoms with Crippen molar-refractivity contribution in [3.8, 4) is 22.8 Å². The van der Waals surface area contributed by atoms with Crippen LogP contribution in [-0.4, -0.2) is 58.5 Å². The number of carbonyl (C=O) groups is 1. The monoisotopic (exact) mass is 495 g/mol. The molecule has 1 aliphatic rings. The standard InChI is InChI=1S/C26H25N9O2/c1-33(26(36)34-16-28-14-31-34)18-9-10-19(13-18)35-25-22(24(27)29-15-30-25)23(32-35)17-7-11-21(12-8-17)37-20-5-3-2-4-6-20/h2-8,11-12,14-16,18-19H,9-10,13H2,1H3,(H2,27,29,30). The summed E-state index contributed by atoms with van der Waals surface area (Å²) >= 11 is 0. The van der Waals surface area contributed by atoms with Crippen LogP contribution in [0, 0.1) is 0 Å². The zero-order valence-electron chi connectivity index (χ0n) is 20.2. The van der Waals surface area contributed by atoms with Crippen molar-refractivity contribution in [2.45, 2.75) is 31.3 Å². The predicted octanol–water partition coefficient (Wildman–Crippen LogP) is 4.15. The Morgan fingerprint density at radius 2 is 1.81 bits per heavy atom. The Bertz CT molecular complexity index is 1530. The largest absolute Gasteiger partial charge is 0.457 e. The van der Waals surface area contributed by atoms with Crippen LogP contribution >= 0.6 is 0 Å². The fourth-order valence-corrected chi connectivity index (χ4v) is 4.89. The van der Waals surface area contributed by atoms with E-state index in [1.165, 1.54) is 23.7 Å². The topological polar surface area (TPSA) is 130 Å². The quantitative estimate of drug-likeness (QED) is 0.385. The minimum Gasteiger partial charge on any atom is -0.457 e. The number of rotatable bonds is 5. The number of anilines is 1. The predicted molar refractivity (Wildman–Crippen MR) is 137 cm³/mol. The van der Waals surface area contributed by atoms with Gasteiger partial charge < -0.3 is 15.4 Å². The van der Waals surface area contributed by atoms with Gasteiger partial charge in [-0.1, -0.05) is 18.2 Å². The molecule has 11 heteroatoms. The molecule has 0 aliphatic heterocycles. The van der Waals surface area contributed by atoms with Crippen LogP contribution in [0.2, 0.25) is 0 Å². The van der Waals surface area contributed by atoms with Crippen molar-refractivity contribution in [1.82, 2.24) is 39.4 Å². The highest BCUT2D eigenvalue weighted by atomic mass is 16.5. The Labute approximate surface area is 212 Å². The normalized spacial score (nSPS) is 17.2. The summed E-state index contributed by atoms with van der Waals surface area (Å²) in [6.07, 6.45) is 6.65. The number of hydrogen-bond donors (Lipinski definition) is 1. The Kier molecular flexibility index (Phi) is 5.72. The Balaban J connectivity index is 1.28. The van der Waals surface area contributed by atoms with E-state index in [0.717, 1.165) is 47.4 Å². The molecule has 37 heavy (non-hydrogen) atoms. The summed E-state index contributed by atoms with van der Waals surface area (Å²) in [5.41, 5.74) is 8.60. The highest BCUT2D eigenvalue weighted by molar-refractivity contribution is 5.98. The van der Waals surface area contributed by atoms with Gasteiger partial charge in [0.15, 0.2) is 5.65 Å². The van der Waals surface area contributed by atoms with Crippen molar-refractivity contribution >= 4 is 22.9 Å². The summed E-state index contributed by atoms with van der Waals surface area (Å²) in [6.45, 7) is 0. The maximum atomic E-state index is 12.7. The molecule has 1 saturated carbocycles. The molecular weight excluding hydrogens is 470 g/mol. The fraction of sp³-hybridized carbons (Fsp3) is 0.231. The highest BCUT2D eigenvalue weighted by Gasteiger charge is 2.34. The smallest absolute Gasteiger partial charge is 0.346 e. The lowest BCUT2D eigenvalue weighted by Crippen LogP contribution is -2.38. The number of fused-ring (bicyclic) bond motifs is 1. The molecule has 1 fully saturated rings. The molecule has 11 nitrogen and oxygen atoms in total. The van der Waals surface area contributed by atoms with Gasteiger partial charge in [0.1, 0.15) is 42.0 Å². The first-order chi connectivity index (χ1) is 18.1. The first-order valence-electron chi connectivity index (χ1n) is 12.0. The van der Waals surface area contributed by atoms with Gasteiger partial charge >= 0.3 is 6.03 Å². The van der Waals surface area contributed by atoms with E-state index in [1.807, 2.05) is 59.3 Å². The van der Waals surface area contributed by atoms with Crippen LogP contribution in [0.25, 0.3) is 22.3 Å². The Morgan fingerprint density at radius 3 is 2.57 bits per heavy atom. The third kappa shape index (κ3) is 4.24. The molecule has 0 radical (unpaired) electrons. The van der Waals surface area contributed by atoms with E-state index in [9.17, 15) is 4.79 Å². The van der Waals surface area contributed by atoms with Gasteiger partial charge in [-0.3, -0.25) is 0 Å². The minimum atomic E-state index is -0.210. The number of aromatic nitrogens is 7. The lowest BCUT2D eigenvalue weighted by molar-refractivity contribution is 0.188. The summed E-state index contributed by atoms with van der Waals surface area (Å²) in [5, 5.41) is 9.64. The zero-order chi connectivity index (χ0) is 25.4. The van der Waals surface area contributed by atoms with Crippen molar-refractivity contribution in [2.75, 3.05) is 12.8 Å². The average Bonchev–Trinajstić information content (AvgIpc) is 3.69. The number of nitrogen functional groups attached to an aromatic ring is 1. The molecule has 2 aromatic carbocycles. The second-order valence-corrected chi connectivity index (χ2v) is 9.04. The SMILES string of the molecule is CN(C(=O)n1cncn1)C1CCC(n2nc(-c3ccc(Oc4ccccc4)cc3)c3c(N)ncnc32)C1. The van der Waals surface area contributed by atoms with Crippen LogP contribution in [0.5, 0.6) is 11.5 Å². The van der Waals surface area contributed by atoms with Crippen LogP contribution < -0.4 is 10.5 Å². The zero-order valence-corrected chi connectivity index (χ0v) is 20.2. The van der Waals surface area contributed by atoms with Crippen LogP contribution in [0.1, 0.15) is 25.3 Å². The van der Waals surface area contributed by atoms with E-state index < -0.39 is 0 Å². The molecule has 186 valence electrons. The molecule has 1 aliphatic carbocycles. The van der Waals surface area contributed by atoms with Gasteiger partial charge in [-0.2, -0.15) is 14.9 Å². The molecule has 2 unspecified atom stereocenters. The van der Waals surface area contributed by atoms with E-state index in [-0.39, 0.29) is 18.1 Å². The van der Waals surface area contributed by atoms with Gasteiger partial charge in [0.25, 0.3) is 0 Å². The number of hydrogen-bond acceptors (Lipinski definition) is 8. The molecule has 2 atom stereocenters. The molecule has 3 heterocycles. The molecule has 0 bridgehead atoms. The first-order valence-corrected chi connectivity index (χ1v) is 12.0. The van der Waals surface area contributed by atoms with Gasteiger partial charge in [-0.05, 0) is 55.7 Å². The van der Waals surface area contributed by atoms with Crippen LogP contribution in [0.4, 0.5) is 10.6 Å². The molecule has 3 aromatic heterocycles. The fourth-order valence-electron chi connectivity index (χ4n) is 4.89. The summed E-state index contributed by atoms with van der Waals surface area (Å²) in [6, 6.07) is 17.2. The number of ether oxygens (including phenoxy) is 1. The average molecular weight is 496 g/mol. The highest BCUT2D eigenvalue weighted by Crippen LogP contribution is 2.38. The van der Waals surface area contributed by atoms with Crippen molar-refractivity contribution in [3.05, 3.63) is 73.6 Å². The van der Waals surface area contributed by atoms with Crippen molar-refractivity contribution < 1.29 is 9.53 Å². The number of nitrogens with two attached hydrogens (primary N) is 1. The molecule has 5 aromatic rings. The summed E-state index contributed by atoms with van der Waals surface area (Å²) in [5.74, 6) is 1.87. The maximum Gasteiger partial charge on any atom is 0.346 e. The van der Waals surface area contributed by atoms with E-state index in [4.69, 9.17) is 15.6 Å². The minimum absolute atomic E-state index is 0.0398. The van der Waals surface area contributed by atoms with Crippen LogP contribution in [0.3, 0.4) is 0 Å². The van der Waals surface area contributed by atoms with Gasteiger partial charge in [-0.25, -0.2) is 24.4 Å². The molecule has 0 spiro atoms. The molecular formula is C26H25N9O2. The maximum absolute atomic E-state index is 12.7. The van der Waals surface area contributed by atoms with Gasteiger partial charge in [0, 0.05) is 18.7 Å². The number of benzene rings is 2. The van der Waals surface area contributed by atoms with Crippen LogP contribution in [-0.2, 0) is 0 Å². The lowest BCUT2D eigenvalue weighted by Gasteiger charge is -2.24. The van der Waals surface area contributed by atoms with Gasteiger partial charge in [0.05, 0.1) is 11.4 Å². The van der Waals surface area contributed by atoms with Crippen molar-refractivity contribution in [1.29, 1.82) is 0 Å². The van der Waals surface area contributed by atoms with E-state index >= 15 is 0 Å². The first kappa shape index (κ1) is 22.7. The van der Waals surface area contributed by atoms with Crippen molar-refractivity contribution in [2.24, 2.45) is 0 Å². The summed E-state index contributed by atoms with van der Waals surface area (Å²) < 4.78 is 9.11. The Hall–Kier alpha value is -4.80. The number of para-hydroxylation sites is 1.